The van der Waals surface area contributed by atoms with E-state index in [1.54, 1.807) is 7.11 Å². The molecule has 1 unspecified atom stereocenters. The molecule has 1 atom stereocenters. The molecule has 2 aromatic carbocycles. The number of carbonyl (C=O) groups is 1. The number of nitrogens with zero attached hydrogens (tertiary/aromatic N) is 2. The number of benzene rings is 2. The summed E-state index contributed by atoms with van der Waals surface area (Å²) < 4.78 is 44.4. The number of methoxy groups -OCH3 is 1. The van der Waals surface area contributed by atoms with E-state index in [1.807, 2.05) is 36.2 Å². The minimum atomic E-state index is -4.38. The molecule has 7 heteroatoms. The molecule has 0 bridgehead atoms. The summed E-state index contributed by atoms with van der Waals surface area (Å²) in [6.45, 7) is 0.503. The van der Waals surface area contributed by atoms with Crippen LogP contribution in [0.3, 0.4) is 0 Å². The molecule has 1 aliphatic carbocycles. The van der Waals surface area contributed by atoms with Crippen molar-refractivity contribution in [2.75, 3.05) is 20.7 Å². The summed E-state index contributed by atoms with van der Waals surface area (Å²) in [5.74, 6) is 0.868. The first kappa shape index (κ1) is 22.6. The molecule has 0 aromatic heterocycles. The van der Waals surface area contributed by atoms with E-state index in [9.17, 15) is 18.0 Å². The van der Waals surface area contributed by atoms with Gasteiger partial charge in [0, 0.05) is 6.54 Å². The quantitative estimate of drug-likeness (QED) is 0.614. The van der Waals surface area contributed by atoms with Crippen molar-refractivity contribution in [3.8, 4) is 5.75 Å². The Kier molecular flexibility index (Phi) is 6.21. The maximum atomic E-state index is 13.7. The number of likely N-dealkylation sites (N-methyl/N-ethyl adjacent to an activating group) is 1. The van der Waals surface area contributed by atoms with E-state index in [0.717, 1.165) is 55.5 Å². The highest BCUT2D eigenvalue weighted by Gasteiger charge is 2.55. The normalized spacial score (nSPS) is 21.3. The lowest BCUT2D eigenvalue weighted by Crippen LogP contribution is -2.49. The summed E-state index contributed by atoms with van der Waals surface area (Å²) in [7, 11) is 3.56. The van der Waals surface area contributed by atoms with Gasteiger partial charge >= 0.3 is 6.18 Å². The molecule has 0 N–H and O–H groups in total. The van der Waals surface area contributed by atoms with Crippen molar-refractivity contribution in [3.05, 3.63) is 65.2 Å². The Morgan fingerprint density at radius 3 is 2.19 bits per heavy atom. The van der Waals surface area contributed by atoms with Crippen LogP contribution in [0.2, 0.25) is 0 Å². The molecule has 4 rings (SSSR count). The van der Waals surface area contributed by atoms with Crippen LogP contribution in [0.25, 0.3) is 0 Å². The van der Waals surface area contributed by atoms with Crippen molar-refractivity contribution in [1.29, 1.82) is 0 Å². The second kappa shape index (κ2) is 8.77. The summed E-state index contributed by atoms with van der Waals surface area (Å²) in [4.78, 5) is 17.7. The van der Waals surface area contributed by atoms with Crippen molar-refractivity contribution >= 4 is 5.91 Å². The van der Waals surface area contributed by atoms with Gasteiger partial charge in [0.2, 0.25) is 5.91 Å². The summed E-state index contributed by atoms with van der Waals surface area (Å²) in [5.41, 5.74) is 0.555. The predicted molar refractivity (Wildman–Crippen MR) is 116 cm³/mol. The molecular formula is C25H29F3N2O2. The number of amides is 1. The van der Waals surface area contributed by atoms with Gasteiger partial charge in [0.25, 0.3) is 0 Å². The van der Waals surface area contributed by atoms with E-state index in [2.05, 4.69) is 4.90 Å². The second-order valence-corrected chi connectivity index (χ2v) is 8.79. The fourth-order valence-corrected chi connectivity index (χ4v) is 5.19. The van der Waals surface area contributed by atoms with Gasteiger partial charge in [-0.2, -0.15) is 13.2 Å². The fourth-order valence-electron chi connectivity index (χ4n) is 5.19. The number of alkyl halides is 3. The molecule has 1 spiro atoms. The molecule has 0 radical (unpaired) electrons. The molecule has 32 heavy (non-hydrogen) atoms. The third kappa shape index (κ3) is 4.10. The highest BCUT2D eigenvalue weighted by Crippen LogP contribution is 2.47. The zero-order chi connectivity index (χ0) is 22.9. The van der Waals surface area contributed by atoms with Gasteiger partial charge in [0.05, 0.1) is 12.7 Å². The molecular weight excluding hydrogens is 417 g/mol. The van der Waals surface area contributed by atoms with Crippen molar-refractivity contribution in [2.24, 2.45) is 0 Å². The van der Waals surface area contributed by atoms with Gasteiger partial charge in [0.15, 0.2) is 0 Å². The van der Waals surface area contributed by atoms with E-state index in [-0.39, 0.29) is 12.1 Å². The van der Waals surface area contributed by atoms with Crippen molar-refractivity contribution in [2.45, 2.75) is 56.4 Å². The van der Waals surface area contributed by atoms with E-state index in [1.165, 1.54) is 12.1 Å². The Morgan fingerprint density at radius 1 is 1.00 bits per heavy atom. The summed E-state index contributed by atoms with van der Waals surface area (Å²) in [6, 6.07) is 13.0. The Balaban J connectivity index is 1.63. The molecule has 1 saturated carbocycles. The van der Waals surface area contributed by atoms with Gasteiger partial charge in [-0.15, -0.1) is 0 Å². The maximum absolute atomic E-state index is 13.7. The first-order chi connectivity index (χ1) is 15.3. The Hall–Kier alpha value is -2.54. The largest absolute Gasteiger partial charge is 0.497 e. The highest BCUT2D eigenvalue weighted by atomic mass is 19.4. The van der Waals surface area contributed by atoms with Crippen LogP contribution in [0, 0.1) is 0 Å². The van der Waals surface area contributed by atoms with Crippen LogP contribution in [0.1, 0.15) is 55.0 Å². The molecule has 1 aliphatic heterocycles. The topological polar surface area (TPSA) is 32.8 Å². The van der Waals surface area contributed by atoms with E-state index in [4.69, 9.17) is 4.74 Å². The number of rotatable bonds is 5. The molecule has 2 aliphatic rings. The lowest BCUT2D eigenvalue weighted by atomic mass is 9.80. The van der Waals surface area contributed by atoms with Crippen LogP contribution in [-0.2, 0) is 17.4 Å². The molecule has 1 saturated heterocycles. The van der Waals surface area contributed by atoms with Crippen molar-refractivity contribution in [3.63, 3.8) is 0 Å². The zero-order valence-corrected chi connectivity index (χ0v) is 18.5. The third-order valence-corrected chi connectivity index (χ3v) is 7.01. The van der Waals surface area contributed by atoms with Gasteiger partial charge in [-0.25, -0.2) is 0 Å². The Labute approximate surface area is 187 Å². The van der Waals surface area contributed by atoms with Crippen LogP contribution in [0.5, 0.6) is 5.75 Å². The molecule has 4 nitrogen and oxygen atoms in total. The average Bonchev–Trinajstić information content (AvgIpc) is 2.99. The lowest BCUT2D eigenvalue weighted by molar-refractivity contribution is -0.137. The number of hydrogen-bond acceptors (Lipinski definition) is 3. The number of hydrogen-bond donors (Lipinski definition) is 0. The number of halogens is 3. The van der Waals surface area contributed by atoms with Crippen LogP contribution in [0.4, 0.5) is 13.2 Å². The van der Waals surface area contributed by atoms with Crippen LogP contribution in [-0.4, -0.2) is 41.9 Å². The van der Waals surface area contributed by atoms with Crippen molar-refractivity contribution < 1.29 is 22.7 Å². The predicted octanol–water partition coefficient (Wildman–Crippen LogP) is 5.43. The van der Waals surface area contributed by atoms with Crippen molar-refractivity contribution in [1.82, 2.24) is 9.80 Å². The van der Waals surface area contributed by atoms with Gasteiger partial charge in [-0.05, 0) is 61.7 Å². The highest BCUT2D eigenvalue weighted by molar-refractivity contribution is 5.89. The van der Waals surface area contributed by atoms with Gasteiger partial charge in [-0.1, -0.05) is 43.5 Å². The first-order valence-corrected chi connectivity index (χ1v) is 11.1. The molecule has 2 fully saturated rings. The lowest BCUT2D eigenvalue weighted by Gasteiger charge is -2.38. The van der Waals surface area contributed by atoms with Gasteiger partial charge in [-0.3, -0.25) is 9.69 Å². The van der Waals surface area contributed by atoms with Crippen LogP contribution in [0.15, 0.2) is 48.5 Å². The third-order valence-electron chi connectivity index (χ3n) is 7.01. The van der Waals surface area contributed by atoms with Crippen LogP contribution < -0.4 is 4.74 Å². The maximum Gasteiger partial charge on any atom is 0.416 e. The number of carbonyl (C=O) groups excluding carboxylic acids is 1. The summed E-state index contributed by atoms with van der Waals surface area (Å²) in [5, 5.41) is 0. The van der Waals surface area contributed by atoms with E-state index >= 15 is 0 Å². The molecule has 1 heterocycles. The Morgan fingerprint density at radius 2 is 1.62 bits per heavy atom. The second-order valence-electron chi connectivity index (χ2n) is 8.79. The summed E-state index contributed by atoms with van der Waals surface area (Å²) in [6.07, 6.45) is 0.577. The minimum absolute atomic E-state index is 0.0955. The van der Waals surface area contributed by atoms with Crippen LogP contribution >= 0.6 is 0 Å². The minimum Gasteiger partial charge on any atom is -0.497 e. The average molecular weight is 447 g/mol. The molecule has 1 amide bonds. The monoisotopic (exact) mass is 446 g/mol. The molecule has 2 aromatic rings. The molecule has 172 valence electrons. The van der Waals surface area contributed by atoms with E-state index < -0.39 is 17.3 Å². The smallest absolute Gasteiger partial charge is 0.416 e. The standard InChI is InChI=1S/C25H29F3N2O2/c1-29-22(19-8-10-20(11-9-19)25(26,27)28)30(23(31)24(29)15-4-3-5-16-24)17-14-18-6-12-21(32-2)13-7-18/h6-13,22H,3-5,14-17H2,1-2H3. The first-order valence-electron chi connectivity index (χ1n) is 11.1. The zero-order valence-electron chi connectivity index (χ0n) is 18.5. The van der Waals surface area contributed by atoms with Gasteiger partial charge in [0.1, 0.15) is 17.5 Å². The fraction of sp³-hybridized carbons (Fsp3) is 0.480. The summed E-state index contributed by atoms with van der Waals surface area (Å²) >= 11 is 0. The van der Waals surface area contributed by atoms with E-state index in [0.29, 0.717) is 18.5 Å². The van der Waals surface area contributed by atoms with Gasteiger partial charge < -0.3 is 9.64 Å². The number of ether oxygens (including phenoxy) is 1. The SMILES string of the molecule is COc1ccc(CCN2C(=O)C3(CCCCC3)N(C)C2c2ccc(C(F)(F)F)cc2)cc1. The Bertz CT molecular complexity index is 935.